The molecule has 0 amide bonds. The molecule has 0 atom stereocenters. The molecule has 1 saturated heterocycles. The molecule has 1 aliphatic heterocycles. The zero-order valence-corrected chi connectivity index (χ0v) is 19.7. The third kappa shape index (κ3) is 5.00. The van der Waals surface area contributed by atoms with Crippen molar-refractivity contribution >= 4 is 43.4 Å². The number of ether oxygens (including phenoxy) is 3. The van der Waals surface area contributed by atoms with Crippen LogP contribution in [0.4, 0.5) is 10.9 Å². The lowest BCUT2D eigenvalue weighted by Crippen LogP contribution is -2.37. The highest BCUT2D eigenvalue weighted by molar-refractivity contribution is 7.22. The van der Waals surface area contributed by atoms with Crippen LogP contribution in [0.3, 0.4) is 0 Å². The average Bonchev–Trinajstić information content (AvgIpc) is 3.23. The Kier molecular flexibility index (Phi) is 6.52. The second-order valence-corrected chi connectivity index (χ2v) is 9.04. The van der Waals surface area contributed by atoms with E-state index in [4.69, 9.17) is 19.2 Å². The summed E-state index contributed by atoms with van der Waals surface area (Å²) < 4.78 is 18.2. The van der Waals surface area contributed by atoms with Crippen LogP contribution >= 0.6 is 11.3 Å². The highest BCUT2D eigenvalue weighted by atomic mass is 32.1. The Bertz CT molecular complexity index is 1260. The second kappa shape index (κ2) is 9.86. The maximum atomic E-state index is 6.11. The molecule has 1 aliphatic rings. The van der Waals surface area contributed by atoms with E-state index < -0.39 is 0 Å². The number of nitrogens with one attached hydrogen (secondary N) is 1. The van der Waals surface area contributed by atoms with Gasteiger partial charge in [-0.25, -0.2) is 15.0 Å². The smallest absolute Gasteiger partial charge is 0.189 e. The molecule has 0 radical (unpaired) electrons. The summed E-state index contributed by atoms with van der Waals surface area (Å²) in [5.41, 5.74) is 2.96. The predicted octanol–water partition coefficient (Wildman–Crippen LogP) is 4.40. The van der Waals surface area contributed by atoms with Crippen molar-refractivity contribution in [2.45, 2.75) is 13.3 Å². The zero-order valence-electron chi connectivity index (χ0n) is 18.8. The summed E-state index contributed by atoms with van der Waals surface area (Å²) in [7, 11) is 1.64. The lowest BCUT2D eigenvalue weighted by atomic mass is 10.2. The van der Waals surface area contributed by atoms with Crippen molar-refractivity contribution in [3.63, 3.8) is 0 Å². The minimum absolute atomic E-state index is 0.604. The number of aryl methyl sites for hydroxylation is 1. The predicted molar refractivity (Wildman–Crippen MR) is 131 cm³/mol. The number of morpholine rings is 1. The summed E-state index contributed by atoms with van der Waals surface area (Å²) in [5, 5.41) is 5.02. The van der Waals surface area contributed by atoms with Gasteiger partial charge in [0.15, 0.2) is 16.6 Å². The summed E-state index contributed by atoms with van der Waals surface area (Å²) in [6.07, 6.45) is 2.48. The van der Waals surface area contributed by atoms with Gasteiger partial charge in [0.1, 0.15) is 12.1 Å². The van der Waals surface area contributed by atoms with E-state index in [1.54, 1.807) is 24.8 Å². The van der Waals surface area contributed by atoms with E-state index in [0.717, 1.165) is 65.5 Å². The molecule has 33 heavy (non-hydrogen) atoms. The van der Waals surface area contributed by atoms with Gasteiger partial charge in [-0.15, -0.1) is 0 Å². The van der Waals surface area contributed by atoms with E-state index in [9.17, 15) is 0 Å². The standard InChI is InChI=1S/C24H27N5O3S/c1-16-4-5-18-22(12-16)33-24(27-18)28-23-17-13-21(20(30-2)14-19(17)25-15-26-23)32-9-3-6-29-7-10-31-11-8-29/h4-5,12-15H,3,6-11H2,1-2H3,(H,25,26,27,28). The minimum atomic E-state index is 0.604. The van der Waals surface area contributed by atoms with Crippen molar-refractivity contribution in [2.24, 2.45) is 0 Å². The Hall–Kier alpha value is -3.01. The molecule has 172 valence electrons. The Balaban J connectivity index is 1.35. The van der Waals surface area contributed by atoms with Crippen LogP contribution in [0.5, 0.6) is 11.5 Å². The van der Waals surface area contributed by atoms with E-state index >= 15 is 0 Å². The number of thiazole rings is 1. The molecule has 2 aromatic carbocycles. The molecule has 4 aromatic rings. The van der Waals surface area contributed by atoms with E-state index in [2.05, 4.69) is 39.2 Å². The number of nitrogens with zero attached hydrogens (tertiary/aromatic N) is 4. The fourth-order valence-corrected chi connectivity index (χ4v) is 4.88. The molecule has 8 nitrogen and oxygen atoms in total. The van der Waals surface area contributed by atoms with Crippen LogP contribution in [0.1, 0.15) is 12.0 Å². The lowest BCUT2D eigenvalue weighted by molar-refractivity contribution is 0.0357. The van der Waals surface area contributed by atoms with Gasteiger partial charge in [0.05, 0.1) is 42.7 Å². The van der Waals surface area contributed by atoms with Crippen molar-refractivity contribution in [3.05, 3.63) is 42.2 Å². The van der Waals surface area contributed by atoms with E-state index in [1.165, 1.54) is 5.56 Å². The molecule has 0 aliphatic carbocycles. The fourth-order valence-electron chi connectivity index (χ4n) is 3.92. The van der Waals surface area contributed by atoms with Gasteiger partial charge in [0.2, 0.25) is 0 Å². The summed E-state index contributed by atoms with van der Waals surface area (Å²) >= 11 is 1.60. The van der Waals surface area contributed by atoms with E-state index in [1.807, 2.05) is 18.2 Å². The topological polar surface area (TPSA) is 81.6 Å². The Morgan fingerprint density at radius 3 is 2.82 bits per heavy atom. The van der Waals surface area contributed by atoms with Crippen molar-refractivity contribution in [1.82, 2.24) is 19.9 Å². The number of rotatable bonds is 8. The van der Waals surface area contributed by atoms with Crippen LogP contribution < -0.4 is 14.8 Å². The highest BCUT2D eigenvalue weighted by Crippen LogP contribution is 2.36. The summed E-state index contributed by atoms with van der Waals surface area (Å²) in [6, 6.07) is 10.1. The maximum absolute atomic E-state index is 6.11. The molecule has 2 aromatic heterocycles. The monoisotopic (exact) mass is 465 g/mol. The van der Waals surface area contributed by atoms with Gasteiger partial charge >= 0.3 is 0 Å². The van der Waals surface area contributed by atoms with Crippen LogP contribution in [0.25, 0.3) is 21.1 Å². The van der Waals surface area contributed by atoms with Gasteiger partial charge in [-0.1, -0.05) is 17.4 Å². The first-order chi connectivity index (χ1) is 16.2. The van der Waals surface area contributed by atoms with Crippen molar-refractivity contribution in [2.75, 3.05) is 51.9 Å². The van der Waals surface area contributed by atoms with Gasteiger partial charge in [0, 0.05) is 31.1 Å². The molecule has 0 saturated carbocycles. The van der Waals surface area contributed by atoms with Crippen molar-refractivity contribution < 1.29 is 14.2 Å². The Labute approximate surface area is 196 Å². The van der Waals surface area contributed by atoms with Crippen LogP contribution in [0.15, 0.2) is 36.7 Å². The van der Waals surface area contributed by atoms with Crippen LogP contribution in [0, 0.1) is 6.92 Å². The van der Waals surface area contributed by atoms with E-state index in [0.29, 0.717) is 23.9 Å². The molecule has 5 rings (SSSR count). The largest absolute Gasteiger partial charge is 0.493 e. The first-order valence-electron chi connectivity index (χ1n) is 11.1. The maximum Gasteiger partial charge on any atom is 0.189 e. The Morgan fingerprint density at radius 2 is 1.97 bits per heavy atom. The molecule has 1 N–H and O–H groups in total. The van der Waals surface area contributed by atoms with Crippen LogP contribution in [-0.2, 0) is 4.74 Å². The van der Waals surface area contributed by atoms with Crippen molar-refractivity contribution in [1.29, 1.82) is 0 Å². The summed E-state index contributed by atoms with van der Waals surface area (Å²) in [6.45, 7) is 7.26. The first kappa shape index (κ1) is 21.8. The van der Waals surface area contributed by atoms with Gasteiger partial charge in [0.25, 0.3) is 0 Å². The number of hydrogen-bond donors (Lipinski definition) is 1. The molecule has 1 fully saturated rings. The van der Waals surface area contributed by atoms with Gasteiger partial charge < -0.3 is 19.5 Å². The molecule has 0 unspecified atom stereocenters. The van der Waals surface area contributed by atoms with Gasteiger partial charge in [-0.2, -0.15) is 0 Å². The molecular formula is C24H27N5O3S. The molecule has 0 bridgehead atoms. The third-order valence-corrected chi connectivity index (χ3v) is 6.60. The van der Waals surface area contributed by atoms with Crippen molar-refractivity contribution in [3.8, 4) is 11.5 Å². The lowest BCUT2D eigenvalue weighted by Gasteiger charge is -2.26. The first-order valence-corrected chi connectivity index (χ1v) is 11.9. The van der Waals surface area contributed by atoms with Gasteiger partial charge in [-0.3, -0.25) is 4.90 Å². The number of hydrogen-bond acceptors (Lipinski definition) is 9. The molecule has 0 spiro atoms. The Morgan fingerprint density at radius 1 is 1.09 bits per heavy atom. The number of benzene rings is 2. The average molecular weight is 466 g/mol. The zero-order chi connectivity index (χ0) is 22.6. The SMILES string of the molecule is COc1cc2ncnc(Nc3nc4ccc(C)cc4s3)c2cc1OCCCN1CCOCC1. The normalized spacial score (nSPS) is 14.6. The van der Waals surface area contributed by atoms with Crippen LogP contribution in [-0.4, -0.2) is 66.4 Å². The van der Waals surface area contributed by atoms with E-state index in [-0.39, 0.29) is 0 Å². The molecular weight excluding hydrogens is 438 g/mol. The third-order valence-electron chi connectivity index (χ3n) is 5.67. The quantitative estimate of drug-likeness (QED) is 0.384. The number of aromatic nitrogens is 3. The fraction of sp³-hybridized carbons (Fsp3) is 0.375. The summed E-state index contributed by atoms with van der Waals surface area (Å²) in [5.74, 6) is 2.04. The minimum Gasteiger partial charge on any atom is -0.493 e. The highest BCUT2D eigenvalue weighted by Gasteiger charge is 2.14. The molecule has 3 heterocycles. The number of methoxy groups -OCH3 is 1. The van der Waals surface area contributed by atoms with Gasteiger partial charge in [-0.05, 0) is 37.1 Å². The second-order valence-electron chi connectivity index (χ2n) is 8.01. The molecule has 9 heteroatoms. The van der Waals surface area contributed by atoms with Crippen LogP contribution in [0.2, 0.25) is 0 Å². The number of fused-ring (bicyclic) bond motifs is 2. The summed E-state index contributed by atoms with van der Waals surface area (Å²) in [4.78, 5) is 16.0. The number of anilines is 2.